The second-order valence-electron chi connectivity index (χ2n) is 7.24. The number of hydrogen-bond donors (Lipinski definition) is 1. The first kappa shape index (κ1) is 13.4. The summed E-state index contributed by atoms with van der Waals surface area (Å²) in [7, 11) is 0. The van der Waals surface area contributed by atoms with Crippen LogP contribution in [0.4, 0.5) is 0 Å². The number of nitrogens with zero attached hydrogens (tertiary/aromatic N) is 1. The lowest BCUT2D eigenvalue weighted by Gasteiger charge is -2.43. The SMILES string of the molecule is CC(C)(C)C1CCC(N2CCC(N)CC2)CC1. The largest absolute Gasteiger partial charge is 0.328 e. The Labute approximate surface area is 107 Å². The molecule has 2 aliphatic rings. The van der Waals surface area contributed by atoms with E-state index in [1.807, 2.05) is 0 Å². The molecule has 2 nitrogen and oxygen atoms in total. The molecule has 0 aromatic rings. The molecule has 0 amide bonds. The predicted molar refractivity (Wildman–Crippen MR) is 74.0 cm³/mol. The van der Waals surface area contributed by atoms with E-state index in [9.17, 15) is 0 Å². The zero-order valence-corrected chi connectivity index (χ0v) is 11.9. The summed E-state index contributed by atoms with van der Waals surface area (Å²) < 4.78 is 0. The number of likely N-dealkylation sites (tertiary alicyclic amines) is 1. The van der Waals surface area contributed by atoms with Crippen LogP contribution in [0.5, 0.6) is 0 Å². The average Bonchev–Trinajstić information content (AvgIpc) is 2.29. The minimum absolute atomic E-state index is 0.470. The van der Waals surface area contributed by atoms with Gasteiger partial charge >= 0.3 is 0 Å². The molecule has 1 aliphatic heterocycles. The van der Waals surface area contributed by atoms with E-state index >= 15 is 0 Å². The summed E-state index contributed by atoms with van der Waals surface area (Å²) in [5.41, 5.74) is 6.49. The van der Waals surface area contributed by atoms with E-state index < -0.39 is 0 Å². The fourth-order valence-corrected chi connectivity index (χ4v) is 3.59. The molecule has 2 rings (SSSR count). The van der Waals surface area contributed by atoms with Crippen molar-refractivity contribution < 1.29 is 0 Å². The zero-order chi connectivity index (χ0) is 12.5. The molecule has 0 bridgehead atoms. The van der Waals surface area contributed by atoms with Crippen LogP contribution in [0.3, 0.4) is 0 Å². The smallest absolute Gasteiger partial charge is 0.00954 e. The van der Waals surface area contributed by atoms with Crippen molar-refractivity contribution in [1.29, 1.82) is 0 Å². The van der Waals surface area contributed by atoms with E-state index in [1.54, 1.807) is 0 Å². The van der Waals surface area contributed by atoms with Gasteiger partial charge in [-0.2, -0.15) is 0 Å². The summed E-state index contributed by atoms with van der Waals surface area (Å²) in [5.74, 6) is 0.936. The highest BCUT2D eigenvalue weighted by Gasteiger charge is 2.32. The first-order valence-corrected chi connectivity index (χ1v) is 7.46. The number of rotatable bonds is 1. The molecule has 1 aliphatic carbocycles. The van der Waals surface area contributed by atoms with E-state index in [1.165, 1.54) is 51.6 Å². The van der Waals surface area contributed by atoms with Gasteiger partial charge in [0, 0.05) is 12.1 Å². The maximum Gasteiger partial charge on any atom is 0.00954 e. The standard InChI is InChI=1S/C15H30N2/c1-15(2,3)12-4-6-14(7-5-12)17-10-8-13(16)9-11-17/h12-14H,4-11,16H2,1-3H3. The second kappa shape index (κ2) is 5.27. The molecule has 0 aromatic carbocycles. The Morgan fingerprint density at radius 1 is 0.882 bits per heavy atom. The van der Waals surface area contributed by atoms with E-state index in [0.29, 0.717) is 11.5 Å². The highest BCUT2D eigenvalue weighted by molar-refractivity contribution is 4.86. The van der Waals surface area contributed by atoms with Crippen LogP contribution in [0.15, 0.2) is 0 Å². The van der Waals surface area contributed by atoms with Crippen LogP contribution in [-0.4, -0.2) is 30.1 Å². The maximum atomic E-state index is 5.98. The van der Waals surface area contributed by atoms with Crippen molar-refractivity contribution in [3.63, 3.8) is 0 Å². The number of piperidine rings is 1. The molecule has 0 aromatic heterocycles. The van der Waals surface area contributed by atoms with E-state index in [2.05, 4.69) is 25.7 Å². The van der Waals surface area contributed by atoms with Crippen molar-refractivity contribution in [1.82, 2.24) is 4.90 Å². The average molecular weight is 238 g/mol. The van der Waals surface area contributed by atoms with Crippen LogP contribution in [-0.2, 0) is 0 Å². The summed E-state index contributed by atoms with van der Waals surface area (Å²) in [5, 5.41) is 0. The van der Waals surface area contributed by atoms with Crippen molar-refractivity contribution in [2.24, 2.45) is 17.1 Å². The van der Waals surface area contributed by atoms with Gasteiger partial charge in [-0.25, -0.2) is 0 Å². The van der Waals surface area contributed by atoms with Crippen molar-refractivity contribution in [3.05, 3.63) is 0 Å². The summed E-state index contributed by atoms with van der Waals surface area (Å²) in [6.07, 6.45) is 8.10. The molecule has 0 unspecified atom stereocenters. The van der Waals surface area contributed by atoms with Crippen LogP contribution < -0.4 is 5.73 Å². The Balaban J connectivity index is 1.79. The first-order chi connectivity index (χ1) is 7.97. The quantitative estimate of drug-likeness (QED) is 0.761. The Morgan fingerprint density at radius 3 is 1.88 bits per heavy atom. The molecule has 100 valence electrons. The van der Waals surface area contributed by atoms with Gasteiger partial charge in [0.2, 0.25) is 0 Å². The van der Waals surface area contributed by atoms with Crippen LogP contribution in [0, 0.1) is 11.3 Å². The molecule has 2 N–H and O–H groups in total. The number of nitrogens with two attached hydrogens (primary N) is 1. The van der Waals surface area contributed by atoms with Crippen LogP contribution in [0.25, 0.3) is 0 Å². The summed E-state index contributed by atoms with van der Waals surface area (Å²) >= 11 is 0. The van der Waals surface area contributed by atoms with Crippen molar-refractivity contribution >= 4 is 0 Å². The summed E-state index contributed by atoms with van der Waals surface area (Å²) in [6, 6.07) is 1.33. The molecule has 0 radical (unpaired) electrons. The lowest BCUT2D eigenvalue weighted by atomic mass is 9.71. The second-order valence-corrected chi connectivity index (χ2v) is 7.24. The third-order valence-electron chi connectivity index (χ3n) is 5.01. The Hall–Kier alpha value is -0.0800. The molecule has 2 heteroatoms. The third-order valence-corrected chi connectivity index (χ3v) is 5.01. The van der Waals surface area contributed by atoms with Crippen molar-refractivity contribution in [2.75, 3.05) is 13.1 Å². The molecular weight excluding hydrogens is 208 g/mol. The van der Waals surface area contributed by atoms with Gasteiger partial charge in [0.25, 0.3) is 0 Å². The van der Waals surface area contributed by atoms with Crippen LogP contribution in [0.1, 0.15) is 59.3 Å². The van der Waals surface area contributed by atoms with Gasteiger partial charge < -0.3 is 10.6 Å². The first-order valence-electron chi connectivity index (χ1n) is 7.46. The van der Waals surface area contributed by atoms with Crippen LogP contribution in [0.2, 0.25) is 0 Å². The third kappa shape index (κ3) is 3.45. The minimum Gasteiger partial charge on any atom is -0.328 e. The Kier molecular flexibility index (Phi) is 4.14. The molecule has 17 heavy (non-hydrogen) atoms. The topological polar surface area (TPSA) is 29.3 Å². The Bertz CT molecular complexity index is 228. The monoisotopic (exact) mass is 238 g/mol. The molecular formula is C15H30N2. The Morgan fingerprint density at radius 2 is 1.41 bits per heavy atom. The lowest BCUT2D eigenvalue weighted by Crippen LogP contribution is -2.46. The molecule has 1 heterocycles. The number of hydrogen-bond acceptors (Lipinski definition) is 2. The van der Waals surface area contributed by atoms with Gasteiger partial charge in [0.1, 0.15) is 0 Å². The normalized spacial score (nSPS) is 33.9. The van der Waals surface area contributed by atoms with E-state index in [0.717, 1.165) is 12.0 Å². The van der Waals surface area contributed by atoms with Gasteiger partial charge in [-0.1, -0.05) is 20.8 Å². The summed E-state index contributed by atoms with van der Waals surface area (Å²) in [6.45, 7) is 9.69. The molecule has 2 fully saturated rings. The zero-order valence-electron chi connectivity index (χ0n) is 11.9. The van der Waals surface area contributed by atoms with Gasteiger partial charge in [-0.05, 0) is 62.9 Å². The highest BCUT2D eigenvalue weighted by Crippen LogP contribution is 2.39. The summed E-state index contributed by atoms with van der Waals surface area (Å²) in [4.78, 5) is 2.71. The lowest BCUT2D eigenvalue weighted by molar-refractivity contribution is 0.0791. The fourth-order valence-electron chi connectivity index (χ4n) is 3.59. The fraction of sp³-hybridized carbons (Fsp3) is 1.00. The van der Waals surface area contributed by atoms with Gasteiger partial charge in [0.05, 0.1) is 0 Å². The van der Waals surface area contributed by atoms with E-state index in [-0.39, 0.29) is 0 Å². The predicted octanol–water partition coefficient (Wildman–Crippen LogP) is 3.01. The molecule has 1 saturated carbocycles. The molecule has 0 atom stereocenters. The van der Waals surface area contributed by atoms with Gasteiger partial charge in [-0.3, -0.25) is 0 Å². The van der Waals surface area contributed by atoms with Crippen LogP contribution >= 0.6 is 0 Å². The van der Waals surface area contributed by atoms with Crippen molar-refractivity contribution in [2.45, 2.75) is 71.4 Å². The molecule has 0 spiro atoms. The minimum atomic E-state index is 0.470. The van der Waals surface area contributed by atoms with E-state index in [4.69, 9.17) is 5.73 Å². The van der Waals surface area contributed by atoms with Gasteiger partial charge in [0.15, 0.2) is 0 Å². The van der Waals surface area contributed by atoms with Gasteiger partial charge in [-0.15, -0.1) is 0 Å². The highest BCUT2D eigenvalue weighted by atomic mass is 15.2. The van der Waals surface area contributed by atoms with Crippen molar-refractivity contribution in [3.8, 4) is 0 Å². The maximum absolute atomic E-state index is 5.98. The molecule has 1 saturated heterocycles.